The van der Waals surface area contributed by atoms with Gasteiger partial charge in [0, 0.05) is 27.4 Å². The Labute approximate surface area is 85.5 Å². The van der Waals surface area contributed by atoms with Crippen molar-refractivity contribution in [1.29, 1.82) is 0 Å². The quantitative estimate of drug-likeness (QED) is 0.642. The van der Waals surface area contributed by atoms with E-state index in [9.17, 15) is 0 Å². The number of ether oxygens (including phenoxy) is 4. The normalized spacial score (nSPS) is 27.9. The van der Waals surface area contributed by atoms with Crippen molar-refractivity contribution in [1.82, 2.24) is 0 Å². The van der Waals surface area contributed by atoms with Crippen molar-refractivity contribution < 1.29 is 18.9 Å². The second-order valence-electron chi connectivity index (χ2n) is 3.48. The van der Waals surface area contributed by atoms with Crippen molar-refractivity contribution in [2.24, 2.45) is 0 Å². The number of methoxy groups -OCH3 is 2. The molecular formula is C10H20O4. The predicted molar refractivity (Wildman–Crippen MR) is 52.5 cm³/mol. The average Bonchev–Trinajstić information content (AvgIpc) is 2.24. The highest BCUT2D eigenvalue weighted by molar-refractivity contribution is 4.68. The molecule has 1 saturated heterocycles. The predicted octanol–water partition coefficient (Wildman–Crippen LogP) is 0.843. The summed E-state index contributed by atoms with van der Waals surface area (Å²) in [5.74, 6) is 0. The molecule has 1 aliphatic rings. The van der Waals surface area contributed by atoms with Crippen LogP contribution in [0.3, 0.4) is 0 Å². The van der Waals surface area contributed by atoms with Crippen LogP contribution in [0.5, 0.6) is 0 Å². The molecule has 0 aliphatic carbocycles. The molecular weight excluding hydrogens is 184 g/mol. The summed E-state index contributed by atoms with van der Waals surface area (Å²) < 4.78 is 21.3. The average molecular weight is 204 g/mol. The van der Waals surface area contributed by atoms with E-state index in [1.807, 2.05) is 0 Å². The van der Waals surface area contributed by atoms with Gasteiger partial charge in [0.15, 0.2) is 0 Å². The third-order valence-electron chi connectivity index (χ3n) is 2.28. The molecule has 84 valence electrons. The Kier molecular flexibility index (Phi) is 6.10. The van der Waals surface area contributed by atoms with Gasteiger partial charge in [-0.05, 0) is 12.8 Å². The van der Waals surface area contributed by atoms with Gasteiger partial charge < -0.3 is 18.9 Å². The molecule has 2 unspecified atom stereocenters. The standard InChI is InChI=1S/C10H20O4/c1-11-5-3-9-7-13-8-10(14-9)4-6-12-2/h9-10H,3-8H2,1-2H3. The van der Waals surface area contributed by atoms with E-state index in [2.05, 4.69) is 0 Å². The van der Waals surface area contributed by atoms with Crippen molar-refractivity contribution in [3.63, 3.8) is 0 Å². The van der Waals surface area contributed by atoms with Gasteiger partial charge in [0.05, 0.1) is 25.4 Å². The zero-order valence-corrected chi connectivity index (χ0v) is 9.03. The smallest absolute Gasteiger partial charge is 0.0835 e. The summed E-state index contributed by atoms with van der Waals surface area (Å²) in [7, 11) is 3.40. The van der Waals surface area contributed by atoms with Crippen LogP contribution in [0.25, 0.3) is 0 Å². The molecule has 0 amide bonds. The largest absolute Gasteiger partial charge is 0.385 e. The lowest BCUT2D eigenvalue weighted by atomic mass is 10.2. The summed E-state index contributed by atoms with van der Waals surface area (Å²) in [5.41, 5.74) is 0. The lowest BCUT2D eigenvalue weighted by Crippen LogP contribution is -2.37. The van der Waals surface area contributed by atoms with Crippen LogP contribution in [0, 0.1) is 0 Å². The van der Waals surface area contributed by atoms with Crippen molar-refractivity contribution in [3.05, 3.63) is 0 Å². The summed E-state index contributed by atoms with van der Waals surface area (Å²) in [6.07, 6.45) is 2.18. The van der Waals surface area contributed by atoms with E-state index in [0.717, 1.165) is 26.1 Å². The van der Waals surface area contributed by atoms with Gasteiger partial charge in [-0.3, -0.25) is 0 Å². The SMILES string of the molecule is COCCC1COCC(CCOC)O1. The van der Waals surface area contributed by atoms with E-state index >= 15 is 0 Å². The minimum Gasteiger partial charge on any atom is -0.385 e. The molecule has 0 bridgehead atoms. The maximum absolute atomic E-state index is 5.81. The fourth-order valence-corrected chi connectivity index (χ4v) is 1.48. The van der Waals surface area contributed by atoms with Crippen molar-refractivity contribution >= 4 is 0 Å². The summed E-state index contributed by atoms with van der Waals surface area (Å²) >= 11 is 0. The molecule has 0 saturated carbocycles. The molecule has 1 rings (SSSR count). The zero-order chi connectivity index (χ0) is 10.2. The molecule has 0 aromatic heterocycles. The minimum atomic E-state index is 0.186. The van der Waals surface area contributed by atoms with Crippen LogP contribution in [0.1, 0.15) is 12.8 Å². The molecule has 1 heterocycles. The van der Waals surface area contributed by atoms with E-state index in [1.54, 1.807) is 14.2 Å². The monoisotopic (exact) mass is 204 g/mol. The van der Waals surface area contributed by atoms with E-state index in [4.69, 9.17) is 18.9 Å². The second-order valence-corrected chi connectivity index (χ2v) is 3.48. The lowest BCUT2D eigenvalue weighted by Gasteiger charge is -2.30. The van der Waals surface area contributed by atoms with Gasteiger partial charge in [-0.25, -0.2) is 0 Å². The van der Waals surface area contributed by atoms with Crippen LogP contribution in [0.4, 0.5) is 0 Å². The molecule has 14 heavy (non-hydrogen) atoms. The first-order valence-electron chi connectivity index (χ1n) is 5.08. The van der Waals surface area contributed by atoms with Crippen LogP contribution in [-0.4, -0.2) is 52.9 Å². The molecule has 4 nitrogen and oxygen atoms in total. The highest BCUT2D eigenvalue weighted by Gasteiger charge is 2.22. The number of hydrogen-bond donors (Lipinski definition) is 0. The third-order valence-corrected chi connectivity index (χ3v) is 2.28. The van der Waals surface area contributed by atoms with Crippen LogP contribution < -0.4 is 0 Å². The molecule has 0 aromatic carbocycles. The maximum Gasteiger partial charge on any atom is 0.0835 e. The molecule has 0 N–H and O–H groups in total. The van der Waals surface area contributed by atoms with Crippen molar-refractivity contribution in [3.8, 4) is 0 Å². The highest BCUT2D eigenvalue weighted by Crippen LogP contribution is 2.13. The Balaban J connectivity index is 2.14. The summed E-state index contributed by atoms with van der Waals surface area (Å²) in [6, 6.07) is 0. The first-order valence-corrected chi connectivity index (χ1v) is 5.08. The molecule has 0 radical (unpaired) electrons. The fraction of sp³-hybridized carbons (Fsp3) is 1.00. The van der Waals surface area contributed by atoms with E-state index < -0.39 is 0 Å². The molecule has 2 atom stereocenters. The Morgan fingerprint density at radius 2 is 1.50 bits per heavy atom. The van der Waals surface area contributed by atoms with Crippen molar-refractivity contribution in [2.45, 2.75) is 25.0 Å². The van der Waals surface area contributed by atoms with Crippen LogP contribution >= 0.6 is 0 Å². The van der Waals surface area contributed by atoms with Crippen LogP contribution in [0.15, 0.2) is 0 Å². The van der Waals surface area contributed by atoms with Crippen LogP contribution in [0.2, 0.25) is 0 Å². The van der Waals surface area contributed by atoms with Gasteiger partial charge in [-0.2, -0.15) is 0 Å². The minimum absolute atomic E-state index is 0.186. The highest BCUT2D eigenvalue weighted by atomic mass is 16.6. The Morgan fingerprint density at radius 3 is 1.93 bits per heavy atom. The molecule has 1 aliphatic heterocycles. The van der Waals surface area contributed by atoms with Gasteiger partial charge >= 0.3 is 0 Å². The van der Waals surface area contributed by atoms with Gasteiger partial charge in [-0.1, -0.05) is 0 Å². The van der Waals surface area contributed by atoms with Crippen molar-refractivity contribution in [2.75, 3.05) is 40.6 Å². The first-order chi connectivity index (χ1) is 6.86. The summed E-state index contributed by atoms with van der Waals surface area (Å²) in [6.45, 7) is 2.83. The topological polar surface area (TPSA) is 36.9 Å². The lowest BCUT2D eigenvalue weighted by molar-refractivity contribution is -0.148. The number of rotatable bonds is 6. The maximum atomic E-state index is 5.81. The van der Waals surface area contributed by atoms with Crippen LogP contribution in [-0.2, 0) is 18.9 Å². The van der Waals surface area contributed by atoms with Gasteiger partial charge in [0.1, 0.15) is 0 Å². The zero-order valence-electron chi connectivity index (χ0n) is 9.03. The Hall–Kier alpha value is -0.160. The molecule has 1 fully saturated rings. The number of hydrogen-bond acceptors (Lipinski definition) is 4. The first kappa shape index (κ1) is 11.9. The van der Waals surface area contributed by atoms with E-state index in [0.29, 0.717) is 13.2 Å². The second kappa shape index (κ2) is 7.17. The molecule has 4 heteroatoms. The van der Waals surface area contributed by atoms with E-state index in [1.165, 1.54) is 0 Å². The Morgan fingerprint density at radius 1 is 1.00 bits per heavy atom. The van der Waals surface area contributed by atoms with E-state index in [-0.39, 0.29) is 12.2 Å². The molecule has 0 aromatic rings. The summed E-state index contributed by atoms with van der Waals surface area (Å²) in [4.78, 5) is 0. The third kappa shape index (κ3) is 4.37. The summed E-state index contributed by atoms with van der Waals surface area (Å²) in [5, 5.41) is 0. The fourth-order valence-electron chi connectivity index (χ4n) is 1.48. The van der Waals surface area contributed by atoms with Gasteiger partial charge in [0.25, 0.3) is 0 Å². The van der Waals surface area contributed by atoms with Gasteiger partial charge in [-0.15, -0.1) is 0 Å². The van der Waals surface area contributed by atoms with Gasteiger partial charge in [0.2, 0.25) is 0 Å². The molecule has 0 spiro atoms. The Bertz CT molecular complexity index is 126.